The summed E-state index contributed by atoms with van der Waals surface area (Å²) < 4.78 is 10.9. The minimum absolute atomic E-state index is 0.0420. The fraction of sp³-hybridized carbons (Fsp3) is 0.320. The number of para-hydroxylation sites is 1. The Labute approximate surface area is 180 Å². The van der Waals surface area contributed by atoms with Crippen molar-refractivity contribution >= 4 is 28.5 Å². The number of esters is 1. The standard InChI is InChI=1S/C25H25NO5/c1-4-17-7-5-6-8-21(17)26-13-18(11-22(26)27)25(29)30-14-19-12-23(28)31-24-16(3)15(2)9-10-20(19)24/h5-10,12,18H,4,11,13-14H2,1-3H3/t18-/m1/s1. The number of rotatable bonds is 5. The molecule has 0 N–H and O–H groups in total. The maximum Gasteiger partial charge on any atom is 0.336 e. The number of carbonyl (C=O) groups is 2. The monoisotopic (exact) mass is 419 g/mol. The Bertz CT molecular complexity index is 1230. The van der Waals surface area contributed by atoms with Crippen molar-refractivity contribution in [2.24, 2.45) is 5.92 Å². The van der Waals surface area contributed by atoms with E-state index in [9.17, 15) is 14.4 Å². The normalized spacial score (nSPS) is 16.2. The van der Waals surface area contributed by atoms with Crippen LogP contribution < -0.4 is 10.5 Å². The predicted molar refractivity (Wildman–Crippen MR) is 118 cm³/mol. The molecule has 1 fully saturated rings. The van der Waals surface area contributed by atoms with E-state index in [0.717, 1.165) is 34.2 Å². The van der Waals surface area contributed by atoms with E-state index in [0.29, 0.717) is 17.7 Å². The maximum absolute atomic E-state index is 12.7. The van der Waals surface area contributed by atoms with Gasteiger partial charge in [0.05, 0.1) is 5.92 Å². The van der Waals surface area contributed by atoms with Gasteiger partial charge < -0.3 is 14.1 Å². The first-order valence-electron chi connectivity index (χ1n) is 10.5. The molecule has 160 valence electrons. The highest BCUT2D eigenvalue weighted by Gasteiger charge is 2.36. The van der Waals surface area contributed by atoms with Crippen LogP contribution in [0, 0.1) is 19.8 Å². The summed E-state index contributed by atoms with van der Waals surface area (Å²) in [4.78, 5) is 39.0. The Morgan fingerprint density at radius 2 is 1.90 bits per heavy atom. The third-order valence-corrected chi connectivity index (χ3v) is 6.01. The second-order valence-corrected chi connectivity index (χ2v) is 7.97. The molecule has 2 aromatic carbocycles. The smallest absolute Gasteiger partial charge is 0.336 e. The van der Waals surface area contributed by atoms with E-state index in [1.807, 2.05) is 57.2 Å². The average molecular weight is 419 g/mol. The molecule has 0 radical (unpaired) electrons. The summed E-state index contributed by atoms with van der Waals surface area (Å²) in [5.41, 5.74) is 4.44. The van der Waals surface area contributed by atoms with Gasteiger partial charge in [-0.15, -0.1) is 0 Å². The average Bonchev–Trinajstić information content (AvgIpc) is 3.16. The lowest BCUT2D eigenvalue weighted by Crippen LogP contribution is -2.27. The summed E-state index contributed by atoms with van der Waals surface area (Å²) >= 11 is 0. The van der Waals surface area contributed by atoms with Gasteiger partial charge in [0.25, 0.3) is 0 Å². The Hall–Kier alpha value is -3.41. The SMILES string of the molecule is CCc1ccccc1N1C[C@H](C(=O)OCc2cc(=O)oc3c(C)c(C)ccc23)CC1=O. The van der Waals surface area contributed by atoms with Crippen LogP contribution >= 0.6 is 0 Å². The number of anilines is 1. The topological polar surface area (TPSA) is 76.8 Å². The summed E-state index contributed by atoms with van der Waals surface area (Å²) in [7, 11) is 0. The van der Waals surface area contributed by atoms with Crippen molar-refractivity contribution in [1.29, 1.82) is 0 Å². The Morgan fingerprint density at radius 1 is 1.13 bits per heavy atom. The second-order valence-electron chi connectivity index (χ2n) is 7.97. The number of fused-ring (bicyclic) bond motifs is 1. The van der Waals surface area contributed by atoms with Crippen molar-refractivity contribution < 1.29 is 18.7 Å². The summed E-state index contributed by atoms with van der Waals surface area (Å²) in [5.74, 6) is -1.05. The lowest BCUT2D eigenvalue weighted by atomic mass is 10.0. The van der Waals surface area contributed by atoms with Gasteiger partial charge in [0.15, 0.2) is 0 Å². The van der Waals surface area contributed by atoms with E-state index in [1.165, 1.54) is 6.07 Å². The van der Waals surface area contributed by atoms with E-state index in [4.69, 9.17) is 9.15 Å². The fourth-order valence-corrected chi connectivity index (χ4v) is 4.08. The minimum Gasteiger partial charge on any atom is -0.461 e. The van der Waals surface area contributed by atoms with Crippen molar-refractivity contribution in [3.05, 3.63) is 75.1 Å². The van der Waals surface area contributed by atoms with E-state index in [1.54, 1.807) is 4.90 Å². The number of hydrogen-bond acceptors (Lipinski definition) is 5. The predicted octanol–water partition coefficient (Wildman–Crippen LogP) is 4.07. The van der Waals surface area contributed by atoms with Crippen LogP contribution in [-0.2, 0) is 27.4 Å². The highest BCUT2D eigenvalue weighted by Crippen LogP contribution is 2.30. The zero-order chi connectivity index (χ0) is 22.1. The molecule has 0 aliphatic carbocycles. The van der Waals surface area contributed by atoms with Gasteiger partial charge in [-0.05, 0) is 43.0 Å². The van der Waals surface area contributed by atoms with Crippen LogP contribution in [0.1, 0.15) is 35.6 Å². The summed E-state index contributed by atoms with van der Waals surface area (Å²) in [6.45, 7) is 6.13. The molecular weight excluding hydrogens is 394 g/mol. The van der Waals surface area contributed by atoms with Crippen LogP contribution in [0.4, 0.5) is 5.69 Å². The number of nitrogens with zero attached hydrogens (tertiary/aromatic N) is 1. The molecule has 2 heterocycles. The zero-order valence-corrected chi connectivity index (χ0v) is 17.9. The quantitative estimate of drug-likeness (QED) is 0.460. The number of ether oxygens (including phenoxy) is 1. The van der Waals surface area contributed by atoms with Crippen LogP contribution in [0.5, 0.6) is 0 Å². The number of aryl methyl sites for hydroxylation is 3. The molecule has 31 heavy (non-hydrogen) atoms. The molecule has 1 aliphatic rings. The van der Waals surface area contributed by atoms with Crippen LogP contribution in [-0.4, -0.2) is 18.4 Å². The molecule has 6 heteroatoms. The van der Waals surface area contributed by atoms with Gasteiger partial charge >= 0.3 is 11.6 Å². The van der Waals surface area contributed by atoms with E-state index >= 15 is 0 Å². The molecule has 3 aromatic rings. The first-order chi connectivity index (χ1) is 14.9. The first kappa shape index (κ1) is 20.8. The van der Waals surface area contributed by atoms with Crippen molar-refractivity contribution in [1.82, 2.24) is 0 Å². The lowest BCUT2D eigenvalue weighted by Gasteiger charge is -2.19. The molecule has 1 aliphatic heterocycles. The molecule has 6 nitrogen and oxygen atoms in total. The van der Waals surface area contributed by atoms with Gasteiger partial charge in [-0.3, -0.25) is 9.59 Å². The van der Waals surface area contributed by atoms with Gasteiger partial charge in [-0.25, -0.2) is 4.79 Å². The van der Waals surface area contributed by atoms with Crippen LogP contribution in [0.25, 0.3) is 11.0 Å². The molecule has 0 spiro atoms. The lowest BCUT2D eigenvalue weighted by molar-refractivity contribution is -0.149. The number of amides is 1. The Balaban J connectivity index is 1.51. The molecule has 1 aromatic heterocycles. The molecule has 1 amide bonds. The molecule has 0 bridgehead atoms. The highest BCUT2D eigenvalue weighted by molar-refractivity contribution is 6.00. The van der Waals surface area contributed by atoms with Gasteiger partial charge in [0, 0.05) is 35.7 Å². The Kier molecular flexibility index (Phi) is 5.63. The second kappa shape index (κ2) is 8.38. The van der Waals surface area contributed by atoms with E-state index < -0.39 is 17.5 Å². The van der Waals surface area contributed by atoms with Crippen LogP contribution in [0.15, 0.2) is 51.7 Å². The number of carbonyl (C=O) groups excluding carboxylic acids is 2. The third-order valence-electron chi connectivity index (χ3n) is 6.01. The van der Waals surface area contributed by atoms with Crippen molar-refractivity contribution in [3.8, 4) is 0 Å². The summed E-state index contributed by atoms with van der Waals surface area (Å²) in [5, 5.41) is 0.747. The number of benzene rings is 2. The fourth-order valence-electron chi connectivity index (χ4n) is 4.08. The van der Waals surface area contributed by atoms with Gasteiger partial charge in [-0.1, -0.05) is 37.3 Å². The van der Waals surface area contributed by atoms with Crippen molar-refractivity contribution in [2.75, 3.05) is 11.4 Å². The van der Waals surface area contributed by atoms with Gasteiger partial charge in [-0.2, -0.15) is 0 Å². The Morgan fingerprint density at radius 3 is 2.68 bits per heavy atom. The summed E-state index contributed by atoms with van der Waals surface area (Å²) in [6.07, 6.45) is 0.921. The molecule has 1 atom stereocenters. The molecular formula is C25H25NO5. The van der Waals surface area contributed by atoms with Gasteiger partial charge in [0.2, 0.25) is 5.91 Å². The first-order valence-corrected chi connectivity index (χ1v) is 10.5. The molecule has 0 unspecified atom stereocenters. The van der Waals surface area contributed by atoms with Crippen molar-refractivity contribution in [2.45, 2.75) is 40.2 Å². The van der Waals surface area contributed by atoms with Crippen molar-refractivity contribution in [3.63, 3.8) is 0 Å². The third kappa shape index (κ3) is 3.98. The van der Waals surface area contributed by atoms with Gasteiger partial charge in [0.1, 0.15) is 12.2 Å². The minimum atomic E-state index is -0.534. The molecule has 0 saturated carbocycles. The van der Waals surface area contributed by atoms with E-state index in [-0.39, 0.29) is 18.9 Å². The number of hydrogen-bond donors (Lipinski definition) is 0. The van der Waals surface area contributed by atoms with Crippen LogP contribution in [0.2, 0.25) is 0 Å². The largest absolute Gasteiger partial charge is 0.461 e. The maximum atomic E-state index is 12.7. The zero-order valence-electron chi connectivity index (χ0n) is 17.9. The molecule has 1 saturated heterocycles. The summed E-state index contributed by atoms with van der Waals surface area (Å²) in [6, 6.07) is 12.9. The van der Waals surface area contributed by atoms with E-state index in [2.05, 4.69) is 0 Å². The molecule has 4 rings (SSSR count). The highest BCUT2D eigenvalue weighted by atomic mass is 16.5. The van der Waals surface area contributed by atoms with Crippen LogP contribution in [0.3, 0.4) is 0 Å².